The Balaban J connectivity index is 1.69. The first-order chi connectivity index (χ1) is 9.28. The molecule has 0 aromatic carbocycles. The van der Waals surface area contributed by atoms with E-state index < -0.39 is 0 Å². The summed E-state index contributed by atoms with van der Waals surface area (Å²) < 4.78 is 0. The molecule has 0 N–H and O–H groups in total. The van der Waals surface area contributed by atoms with Crippen molar-refractivity contribution in [3.63, 3.8) is 0 Å². The fourth-order valence-electron chi connectivity index (χ4n) is 2.87. The van der Waals surface area contributed by atoms with Gasteiger partial charge in [0, 0.05) is 32.6 Å². The van der Waals surface area contributed by atoms with Crippen molar-refractivity contribution in [2.24, 2.45) is 0 Å². The Kier molecular flexibility index (Phi) is 3.84. The molecule has 3 rings (SSSR count). The van der Waals surface area contributed by atoms with Gasteiger partial charge in [-0.3, -0.25) is 9.69 Å². The van der Waals surface area contributed by atoms with Crippen LogP contribution in [-0.4, -0.2) is 48.4 Å². The third kappa shape index (κ3) is 2.67. The van der Waals surface area contributed by atoms with Crippen LogP contribution in [0.5, 0.6) is 0 Å². The van der Waals surface area contributed by atoms with E-state index in [0.717, 1.165) is 54.7 Å². The van der Waals surface area contributed by atoms with Crippen molar-refractivity contribution >= 4 is 22.3 Å². The van der Waals surface area contributed by atoms with E-state index in [4.69, 9.17) is 4.98 Å². The van der Waals surface area contributed by atoms with E-state index in [1.165, 1.54) is 13.0 Å². The van der Waals surface area contributed by atoms with Crippen molar-refractivity contribution < 1.29 is 4.79 Å². The number of ketones is 1. The standard InChI is InChI=1S/C14H21N3OS/c1-2-6-16-7-9-17(10-8-16)14-15-11-4-3-5-12(18)13(11)19-14/h2-10H2,1H3. The zero-order valence-electron chi connectivity index (χ0n) is 11.5. The van der Waals surface area contributed by atoms with Gasteiger partial charge in [0.2, 0.25) is 0 Å². The predicted octanol–water partition coefficient (Wildman–Crippen LogP) is 2.19. The Hall–Kier alpha value is -0.940. The smallest absolute Gasteiger partial charge is 0.186 e. The van der Waals surface area contributed by atoms with E-state index in [1.54, 1.807) is 11.3 Å². The number of carbonyl (C=O) groups excluding carboxylic acids is 1. The maximum atomic E-state index is 11.9. The van der Waals surface area contributed by atoms with Gasteiger partial charge in [-0.25, -0.2) is 4.98 Å². The maximum absolute atomic E-state index is 11.9. The Labute approximate surface area is 118 Å². The van der Waals surface area contributed by atoms with Crippen molar-refractivity contribution in [3.05, 3.63) is 10.6 Å². The lowest BCUT2D eigenvalue weighted by molar-refractivity contribution is 0.0976. The highest BCUT2D eigenvalue weighted by Gasteiger charge is 2.25. The first kappa shape index (κ1) is 13.1. The summed E-state index contributed by atoms with van der Waals surface area (Å²) in [7, 11) is 0. The van der Waals surface area contributed by atoms with Crippen LogP contribution in [0, 0.1) is 0 Å². The molecule has 0 radical (unpaired) electrons. The van der Waals surface area contributed by atoms with E-state index in [2.05, 4.69) is 16.7 Å². The second kappa shape index (κ2) is 5.59. The molecule has 104 valence electrons. The van der Waals surface area contributed by atoms with E-state index >= 15 is 0 Å². The molecule has 19 heavy (non-hydrogen) atoms. The van der Waals surface area contributed by atoms with Gasteiger partial charge in [0.1, 0.15) is 0 Å². The molecule has 0 spiro atoms. The third-order valence-corrected chi connectivity index (χ3v) is 5.14. The highest BCUT2D eigenvalue weighted by molar-refractivity contribution is 7.17. The second-order valence-corrected chi connectivity index (χ2v) is 6.36. The van der Waals surface area contributed by atoms with Gasteiger partial charge < -0.3 is 4.90 Å². The molecule has 1 aromatic rings. The summed E-state index contributed by atoms with van der Waals surface area (Å²) in [5.74, 6) is 0.301. The average Bonchev–Trinajstić information content (AvgIpc) is 2.85. The zero-order chi connectivity index (χ0) is 13.2. The highest BCUT2D eigenvalue weighted by Crippen LogP contribution is 2.32. The summed E-state index contributed by atoms with van der Waals surface area (Å²) in [6, 6.07) is 0. The molecule has 0 saturated carbocycles. The van der Waals surface area contributed by atoms with E-state index in [0.29, 0.717) is 12.2 Å². The lowest BCUT2D eigenvalue weighted by Crippen LogP contribution is -2.46. The van der Waals surface area contributed by atoms with Crippen molar-refractivity contribution in [3.8, 4) is 0 Å². The van der Waals surface area contributed by atoms with Gasteiger partial charge in [-0.15, -0.1) is 0 Å². The van der Waals surface area contributed by atoms with Gasteiger partial charge in [0.15, 0.2) is 10.9 Å². The first-order valence-electron chi connectivity index (χ1n) is 7.28. The minimum Gasteiger partial charge on any atom is -0.346 e. The quantitative estimate of drug-likeness (QED) is 0.850. The number of hydrogen-bond acceptors (Lipinski definition) is 5. The van der Waals surface area contributed by atoms with Gasteiger partial charge in [-0.05, 0) is 25.8 Å². The number of fused-ring (bicyclic) bond motifs is 1. The molecule has 1 aliphatic heterocycles. The molecule has 2 heterocycles. The zero-order valence-corrected chi connectivity index (χ0v) is 12.3. The molecule has 1 aliphatic carbocycles. The summed E-state index contributed by atoms with van der Waals surface area (Å²) in [6.45, 7) is 7.74. The highest BCUT2D eigenvalue weighted by atomic mass is 32.1. The summed E-state index contributed by atoms with van der Waals surface area (Å²) >= 11 is 1.61. The average molecular weight is 279 g/mol. The number of hydrogen-bond donors (Lipinski definition) is 0. The molecule has 0 amide bonds. The summed E-state index contributed by atoms with van der Waals surface area (Å²) in [5.41, 5.74) is 1.05. The Bertz CT molecular complexity index is 463. The van der Waals surface area contributed by atoms with Crippen LogP contribution >= 0.6 is 11.3 Å². The molecule has 0 bridgehead atoms. The van der Waals surface area contributed by atoms with Crippen LogP contribution in [0.25, 0.3) is 0 Å². The van der Waals surface area contributed by atoms with Gasteiger partial charge in [0.05, 0.1) is 10.6 Å². The maximum Gasteiger partial charge on any atom is 0.186 e. The third-order valence-electron chi connectivity index (χ3n) is 3.94. The monoisotopic (exact) mass is 279 g/mol. The normalized spacial score (nSPS) is 20.7. The van der Waals surface area contributed by atoms with Crippen LogP contribution in [0.15, 0.2) is 0 Å². The number of nitrogens with zero attached hydrogens (tertiary/aromatic N) is 3. The van der Waals surface area contributed by atoms with Crippen LogP contribution in [0.2, 0.25) is 0 Å². The molecular weight excluding hydrogens is 258 g/mol. The van der Waals surface area contributed by atoms with Crippen molar-refractivity contribution in [2.45, 2.75) is 32.6 Å². The Morgan fingerprint density at radius 1 is 1.21 bits per heavy atom. The molecule has 0 atom stereocenters. The fraction of sp³-hybridized carbons (Fsp3) is 0.714. The lowest BCUT2D eigenvalue weighted by atomic mass is 10.0. The summed E-state index contributed by atoms with van der Waals surface area (Å²) in [5, 5.41) is 1.07. The second-order valence-electron chi connectivity index (χ2n) is 5.38. The number of aryl methyl sites for hydroxylation is 1. The molecule has 0 unspecified atom stereocenters. The van der Waals surface area contributed by atoms with Crippen LogP contribution in [0.4, 0.5) is 5.13 Å². The van der Waals surface area contributed by atoms with E-state index in [-0.39, 0.29) is 0 Å². The SMILES string of the molecule is CCCN1CCN(c2nc3c(s2)C(=O)CCC3)CC1. The van der Waals surface area contributed by atoms with Crippen molar-refractivity contribution in [2.75, 3.05) is 37.6 Å². The van der Waals surface area contributed by atoms with Gasteiger partial charge in [0.25, 0.3) is 0 Å². The number of aromatic nitrogens is 1. The number of carbonyl (C=O) groups is 1. The fourth-order valence-corrected chi connectivity index (χ4v) is 4.00. The van der Waals surface area contributed by atoms with E-state index in [1.807, 2.05) is 0 Å². The van der Waals surface area contributed by atoms with Gasteiger partial charge >= 0.3 is 0 Å². The minimum atomic E-state index is 0.301. The Morgan fingerprint density at radius 3 is 2.68 bits per heavy atom. The molecular formula is C14H21N3OS. The van der Waals surface area contributed by atoms with Crippen LogP contribution in [-0.2, 0) is 6.42 Å². The number of rotatable bonds is 3. The molecule has 1 aromatic heterocycles. The van der Waals surface area contributed by atoms with Crippen LogP contribution in [0.3, 0.4) is 0 Å². The van der Waals surface area contributed by atoms with Gasteiger partial charge in [-0.1, -0.05) is 18.3 Å². The first-order valence-corrected chi connectivity index (χ1v) is 8.10. The van der Waals surface area contributed by atoms with Crippen LogP contribution in [0.1, 0.15) is 41.6 Å². The summed E-state index contributed by atoms with van der Waals surface area (Å²) in [6.07, 6.45) is 3.88. The van der Waals surface area contributed by atoms with Crippen LogP contribution < -0.4 is 4.90 Å². The molecule has 2 aliphatic rings. The molecule has 1 saturated heterocycles. The van der Waals surface area contributed by atoms with Crippen molar-refractivity contribution in [1.29, 1.82) is 0 Å². The minimum absolute atomic E-state index is 0.301. The summed E-state index contributed by atoms with van der Waals surface area (Å²) in [4.78, 5) is 22.4. The number of piperazine rings is 1. The molecule has 5 heteroatoms. The number of Topliss-reactive ketones (excluding diaryl/α,β-unsaturated/α-hetero) is 1. The predicted molar refractivity (Wildman–Crippen MR) is 78.3 cm³/mol. The van der Waals surface area contributed by atoms with Crippen molar-refractivity contribution in [1.82, 2.24) is 9.88 Å². The largest absolute Gasteiger partial charge is 0.346 e. The lowest BCUT2D eigenvalue weighted by Gasteiger charge is -2.34. The molecule has 1 fully saturated rings. The molecule has 4 nitrogen and oxygen atoms in total. The Morgan fingerprint density at radius 2 is 2.00 bits per heavy atom. The van der Waals surface area contributed by atoms with Gasteiger partial charge in [-0.2, -0.15) is 0 Å². The number of anilines is 1. The number of thiazole rings is 1. The topological polar surface area (TPSA) is 36.4 Å². The van der Waals surface area contributed by atoms with E-state index in [9.17, 15) is 4.79 Å².